The molecule has 0 aliphatic heterocycles. The van der Waals surface area contributed by atoms with E-state index in [-0.39, 0.29) is 18.9 Å². The van der Waals surface area contributed by atoms with E-state index < -0.39 is 5.97 Å². The molecule has 14 heteroatoms. The van der Waals surface area contributed by atoms with Crippen LogP contribution in [0.1, 0.15) is 39.0 Å². The molecular weight excluding hydrogens is 570 g/mol. The van der Waals surface area contributed by atoms with Gasteiger partial charge in [-0.2, -0.15) is 0 Å². The number of carboxylic acids is 1. The monoisotopic (exact) mass is 627 g/mol. The number of hydrogen-bond donors (Lipinski definition) is 2. The fourth-order valence-electron chi connectivity index (χ4n) is 3.10. The summed E-state index contributed by atoms with van der Waals surface area (Å²) in [5.74, 6) is -0.845. The topological polar surface area (TPSA) is 159 Å². The highest BCUT2D eigenvalue weighted by atomic mass is 16.6. The third kappa shape index (κ3) is 38.5. The number of rotatable bonds is 37. The number of carbonyl (C=O) groups is 2. The Morgan fingerprint density at radius 3 is 1.00 bits per heavy atom. The quantitative estimate of drug-likeness (QED) is 0.0951. The third-order valence-electron chi connectivity index (χ3n) is 5.38. The molecule has 0 bridgehead atoms. The molecular formula is C29H57NO13. The zero-order valence-corrected chi connectivity index (χ0v) is 26.2. The van der Waals surface area contributed by atoms with Crippen molar-refractivity contribution in [2.24, 2.45) is 0 Å². The normalized spacial score (nSPS) is 11.3. The van der Waals surface area contributed by atoms with Crippen molar-refractivity contribution in [1.29, 1.82) is 0 Å². The molecule has 14 nitrogen and oxygen atoms in total. The lowest BCUT2D eigenvalue weighted by Gasteiger charge is -2.09. The summed E-state index contributed by atoms with van der Waals surface area (Å²) in [6, 6.07) is 0. The van der Waals surface area contributed by atoms with Crippen molar-refractivity contribution in [2.75, 3.05) is 139 Å². The van der Waals surface area contributed by atoms with Gasteiger partial charge in [-0.1, -0.05) is 19.8 Å². The van der Waals surface area contributed by atoms with E-state index in [2.05, 4.69) is 12.2 Å². The maximum atomic E-state index is 11.6. The highest BCUT2D eigenvalue weighted by molar-refractivity contribution is 5.75. The van der Waals surface area contributed by atoms with Crippen LogP contribution in [0, 0.1) is 0 Å². The van der Waals surface area contributed by atoms with Gasteiger partial charge in [-0.15, -0.1) is 0 Å². The van der Waals surface area contributed by atoms with Gasteiger partial charge in [-0.05, 0) is 6.42 Å². The second kappa shape index (κ2) is 36.7. The van der Waals surface area contributed by atoms with E-state index in [0.717, 1.165) is 25.8 Å². The molecule has 0 fully saturated rings. The van der Waals surface area contributed by atoms with Crippen LogP contribution in [0.2, 0.25) is 0 Å². The summed E-state index contributed by atoms with van der Waals surface area (Å²) in [5.41, 5.74) is 0. The number of nitrogens with one attached hydrogen (secondary N) is 1. The summed E-state index contributed by atoms with van der Waals surface area (Å²) >= 11 is 0. The highest BCUT2D eigenvalue weighted by Crippen LogP contribution is 1.92. The minimum Gasteiger partial charge on any atom is -0.481 e. The molecule has 0 saturated heterocycles. The Kier molecular flexibility index (Phi) is 35.5. The third-order valence-corrected chi connectivity index (χ3v) is 5.38. The number of carboxylic acid groups (broad SMARTS) is 1. The Hall–Kier alpha value is -1.46. The summed E-state index contributed by atoms with van der Waals surface area (Å²) in [6.07, 6.45) is 3.67. The fourth-order valence-corrected chi connectivity index (χ4v) is 3.10. The average molecular weight is 628 g/mol. The standard InChI is InChI=1S/C29H57NO13/c1-2-3-4-7-30-28(31)5-8-34-10-12-36-14-16-38-18-20-40-22-24-42-26-27-43-25-23-41-21-19-39-17-15-37-13-11-35-9-6-29(32)33/h2-27H2,1H3,(H,30,31)(H,32,33). The van der Waals surface area contributed by atoms with Crippen LogP contribution < -0.4 is 5.32 Å². The smallest absolute Gasteiger partial charge is 0.305 e. The molecule has 256 valence electrons. The molecule has 0 aliphatic rings. The largest absolute Gasteiger partial charge is 0.481 e. The minimum atomic E-state index is -0.875. The van der Waals surface area contributed by atoms with Gasteiger partial charge < -0.3 is 57.8 Å². The van der Waals surface area contributed by atoms with Gasteiger partial charge in [-0.25, -0.2) is 0 Å². The number of hydrogen-bond acceptors (Lipinski definition) is 12. The number of ether oxygens (including phenoxy) is 10. The molecule has 0 aromatic heterocycles. The average Bonchev–Trinajstić information content (AvgIpc) is 2.99. The van der Waals surface area contributed by atoms with E-state index in [1.165, 1.54) is 0 Å². The maximum Gasteiger partial charge on any atom is 0.305 e. The Labute approximate surface area is 257 Å². The Morgan fingerprint density at radius 1 is 0.442 bits per heavy atom. The van der Waals surface area contributed by atoms with E-state index in [0.29, 0.717) is 132 Å². The van der Waals surface area contributed by atoms with E-state index >= 15 is 0 Å². The molecule has 0 aromatic carbocycles. The molecule has 0 saturated carbocycles. The molecule has 0 radical (unpaired) electrons. The van der Waals surface area contributed by atoms with Crippen LogP contribution in [0.4, 0.5) is 0 Å². The summed E-state index contributed by atoms with van der Waals surface area (Å²) in [5, 5.41) is 11.4. The second-order valence-electron chi connectivity index (χ2n) is 9.07. The van der Waals surface area contributed by atoms with Gasteiger partial charge in [0.05, 0.1) is 139 Å². The fraction of sp³-hybridized carbons (Fsp3) is 0.931. The van der Waals surface area contributed by atoms with E-state index in [1.54, 1.807) is 0 Å². The zero-order chi connectivity index (χ0) is 31.3. The molecule has 0 aromatic rings. The summed E-state index contributed by atoms with van der Waals surface area (Å²) in [4.78, 5) is 21.9. The molecule has 43 heavy (non-hydrogen) atoms. The summed E-state index contributed by atoms with van der Waals surface area (Å²) in [6.45, 7) is 11.9. The number of aliphatic carboxylic acids is 1. The van der Waals surface area contributed by atoms with Gasteiger partial charge in [0.15, 0.2) is 0 Å². The maximum absolute atomic E-state index is 11.6. The number of unbranched alkanes of at least 4 members (excludes halogenated alkanes) is 2. The van der Waals surface area contributed by atoms with Gasteiger partial charge in [0.2, 0.25) is 5.91 Å². The van der Waals surface area contributed by atoms with Crippen LogP contribution in [-0.4, -0.2) is 156 Å². The first-order valence-corrected chi connectivity index (χ1v) is 15.4. The highest BCUT2D eigenvalue weighted by Gasteiger charge is 2.01. The van der Waals surface area contributed by atoms with Crippen molar-refractivity contribution in [3.05, 3.63) is 0 Å². The molecule has 2 N–H and O–H groups in total. The first-order chi connectivity index (χ1) is 21.2. The zero-order valence-electron chi connectivity index (χ0n) is 26.2. The van der Waals surface area contributed by atoms with Crippen molar-refractivity contribution in [3.8, 4) is 0 Å². The van der Waals surface area contributed by atoms with Gasteiger partial charge in [0.25, 0.3) is 0 Å². The van der Waals surface area contributed by atoms with Crippen molar-refractivity contribution in [1.82, 2.24) is 5.32 Å². The first-order valence-electron chi connectivity index (χ1n) is 15.4. The molecule has 0 aliphatic carbocycles. The Bertz CT molecular complexity index is 587. The summed E-state index contributed by atoms with van der Waals surface area (Å²) in [7, 11) is 0. The molecule has 0 spiro atoms. The SMILES string of the molecule is CCCCCNC(=O)CCOCCOCCOCCOCCOCCOCCOCCOCCOCCOCCC(=O)O. The van der Waals surface area contributed by atoms with E-state index in [1.807, 2.05) is 0 Å². The van der Waals surface area contributed by atoms with Crippen molar-refractivity contribution in [3.63, 3.8) is 0 Å². The van der Waals surface area contributed by atoms with Gasteiger partial charge >= 0.3 is 5.97 Å². The van der Waals surface area contributed by atoms with Crippen LogP contribution in [-0.2, 0) is 57.0 Å². The van der Waals surface area contributed by atoms with Gasteiger partial charge in [-0.3, -0.25) is 9.59 Å². The predicted octanol–water partition coefficient (Wildman–Crippen LogP) is 1.32. The molecule has 0 unspecified atom stereocenters. The predicted molar refractivity (Wildman–Crippen MR) is 158 cm³/mol. The molecule has 0 atom stereocenters. The molecule has 1 amide bonds. The van der Waals surface area contributed by atoms with Gasteiger partial charge in [0, 0.05) is 13.0 Å². The minimum absolute atomic E-state index is 0.00328. The lowest BCUT2D eigenvalue weighted by Crippen LogP contribution is -2.25. The second-order valence-corrected chi connectivity index (χ2v) is 9.07. The van der Waals surface area contributed by atoms with Crippen molar-refractivity contribution in [2.45, 2.75) is 39.0 Å². The van der Waals surface area contributed by atoms with Crippen molar-refractivity contribution >= 4 is 11.9 Å². The Morgan fingerprint density at radius 2 is 0.721 bits per heavy atom. The van der Waals surface area contributed by atoms with Crippen LogP contribution in [0.25, 0.3) is 0 Å². The van der Waals surface area contributed by atoms with Crippen LogP contribution in [0.3, 0.4) is 0 Å². The lowest BCUT2D eigenvalue weighted by atomic mass is 10.2. The Balaban J connectivity index is 3.08. The van der Waals surface area contributed by atoms with E-state index in [9.17, 15) is 9.59 Å². The molecule has 0 heterocycles. The number of carbonyl (C=O) groups excluding carboxylic acids is 1. The van der Waals surface area contributed by atoms with E-state index in [4.69, 9.17) is 52.5 Å². The van der Waals surface area contributed by atoms with Gasteiger partial charge in [0.1, 0.15) is 0 Å². The lowest BCUT2D eigenvalue weighted by molar-refractivity contribution is -0.138. The van der Waals surface area contributed by atoms with Crippen LogP contribution in [0.5, 0.6) is 0 Å². The summed E-state index contributed by atoms with van der Waals surface area (Å²) < 4.78 is 53.9. The number of amides is 1. The first kappa shape index (κ1) is 41.5. The molecule has 0 rings (SSSR count). The van der Waals surface area contributed by atoms with Crippen LogP contribution in [0.15, 0.2) is 0 Å². The van der Waals surface area contributed by atoms with Crippen LogP contribution >= 0.6 is 0 Å². The van der Waals surface area contributed by atoms with Crippen molar-refractivity contribution < 1.29 is 62.1 Å².